The topological polar surface area (TPSA) is 50.9 Å². The van der Waals surface area contributed by atoms with Crippen LogP contribution in [-0.4, -0.2) is 37.1 Å². The SMILES string of the molecule is CCOc1ccccc1CCN=C(N)N(CC)CC.I. The Labute approximate surface area is 139 Å². The Morgan fingerprint density at radius 1 is 1.20 bits per heavy atom. The smallest absolute Gasteiger partial charge is 0.191 e. The molecule has 0 heterocycles. The maximum absolute atomic E-state index is 5.94. The fraction of sp³-hybridized carbons (Fsp3) is 0.533. The van der Waals surface area contributed by atoms with Crippen molar-refractivity contribution in [3.05, 3.63) is 29.8 Å². The summed E-state index contributed by atoms with van der Waals surface area (Å²) in [6.07, 6.45) is 0.845. The lowest BCUT2D eigenvalue weighted by molar-refractivity contribution is 0.336. The first-order valence-corrected chi connectivity index (χ1v) is 6.98. The molecule has 0 amide bonds. The second-order valence-corrected chi connectivity index (χ2v) is 4.20. The first-order valence-electron chi connectivity index (χ1n) is 6.98. The van der Waals surface area contributed by atoms with Crippen molar-refractivity contribution < 1.29 is 4.74 Å². The van der Waals surface area contributed by atoms with Gasteiger partial charge in [0.1, 0.15) is 5.75 Å². The van der Waals surface area contributed by atoms with Gasteiger partial charge in [0.2, 0.25) is 0 Å². The number of nitrogens with two attached hydrogens (primary N) is 1. The molecule has 0 bridgehead atoms. The average molecular weight is 391 g/mol. The van der Waals surface area contributed by atoms with Crippen molar-refractivity contribution in [2.24, 2.45) is 10.7 Å². The summed E-state index contributed by atoms with van der Waals surface area (Å²) in [7, 11) is 0. The van der Waals surface area contributed by atoms with E-state index >= 15 is 0 Å². The zero-order valence-corrected chi connectivity index (χ0v) is 15.0. The molecule has 1 aromatic carbocycles. The summed E-state index contributed by atoms with van der Waals surface area (Å²) in [5.41, 5.74) is 7.13. The molecule has 114 valence electrons. The standard InChI is InChI=1S/C15H25N3O.HI/c1-4-18(5-2)15(16)17-12-11-13-9-7-8-10-14(13)19-6-3;/h7-10H,4-6,11-12H2,1-3H3,(H2,16,17);1H. The van der Waals surface area contributed by atoms with Crippen LogP contribution in [0.4, 0.5) is 0 Å². The number of benzene rings is 1. The van der Waals surface area contributed by atoms with Crippen LogP contribution in [0.2, 0.25) is 0 Å². The number of ether oxygens (including phenoxy) is 1. The van der Waals surface area contributed by atoms with Gasteiger partial charge in [-0.1, -0.05) is 18.2 Å². The first-order chi connectivity index (χ1) is 9.22. The van der Waals surface area contributed by atoms with Gasteiger partial charge in [0.05, 0.1) is 6.61 Å². The summed E-state index contributed by atoms with van der Waals surface area (Å²) in [6.45, 7) is 9.30. The fourth-order valence-electron chi connectivity index (χ4n) is 1.95. The van der Waals surface area contributed by atoms with Gasteiger partial charge >= 0.3 is 0 Å². The Bertz CT molecular complexity index is 406. The number of nitrogens with zero attached hydrogens (tertiary/aromatic N) is 2. The molecule has 0 atom stereocenters. The third kappa shape index (κ3) is 5.98. The van der Waals surface area contributed by atoms with Crippen molar-refractivity contribution in [1.82, 2.24) is 4.90 Å². The highest BCUT2D eigenvalue weighted by atomic mass is 127. The lowest BCUT2D eigenvalue weighted by atomic mass is 10.1. The molecule has 1 rings (SSSR count). The van der Waals surface area contributed by atoms with Gasteiger partial charge in [-0.2, -0.15) is 0 Å². The van der Waals surface area contributed by atoms with E-state index in [0.717, 1.165) is 25.3 Å². The highest BCUT2D eigenvalue weighted by Gasteiger charge is 2.04. The Morgan fingerprint density at radius 2 is 1.85 bits per heavy atom. The first kappa shape index (κ1) is 19.0. The van der Waals surface area contributed by atoms with Gasteiger partial charge in [-0.05, 0) is 38.8 Å². The van der Waals surface area contributed by atoms with Crippen LogP contribution >= 0.6 is 24.0 Å². The molecule has 0 fully saturated rings. The molecule has 0 aliphatic heterocycles. The van der Waals surface area contributed by atoms with Crippen LogP contribution in [0.15, 0.2) is 29.3 Å². The highest BCUT2D eigenvalue weighted by Crippen LogP contribution is 2.18. The van der Waals surface area contributed by atoms with E-state index in [-0.39, 0.29) is 24.0 Å². The number of aliphatic imine (C=N–C) groups is 1. The minimum Gasteiger partial charge on any atom is -0.494 e. The predicted octanol–water partition coefficient (Wildman–Crippen LogP) is 2.90. The second kappa shape index (κ2) is 10.8. The Hall–Kier alpha value is -0.980. The molecule has 0 aromatic heterocycles. The maximum Gasteiger partial charge on any atom is 0.191 e. The van der Waals surface area contributed by atoms with Gasteiger partial charge in [-0.25, -0.2) is 0 Å². The number of hydrogen-bond acceptors (Lipinski definition) is 2. The number of guanidine groups is 1. The highest BCUT2D eigenvalue weighted by molar-refractivity contribution is 14.0. The summed E-state index contributed by atoms with van der Waals surface area (Å²) in [6, 6.07) is 8.09. The molecule has 4 nitrogen and oxygen atoms in total. The molecule has 0 saturated heterocycles. The Kier molecular flexibility index (Phi) is 10.2. The molecule has 0 radical (unpaired) electrons. The minimum absolute atomic E-state index is 0. The van der Waals surface area contributed by atoms with E-state index in [1.165, 1.54) is 5.56 Å². The summed E-state index contributed by atoms with van der Waals surface area (Å²) in [4.78, 5) is 6.48. The van der Waals surface area contributed by atoms with E-state index in [1.807, 2.05) is 25.1 Å². The zero-order valence-electron chi connectivity index (χ0n) is 12.6. The molecule has 0 spiro atoms. The molecular formula is C15H26IN3O. The number of rotatable bonds is 7. The summed E-state index contributed by atoms with van der Waals surface area (Å²) in [5.74, 6) is 1.57. The van der Waals surface area contributed by atoms with Gasteiger partial charge in [0.15, 0.2) is 5.96 Å². The number of para-hydroxylation sites is 1. The molecule has 0 aliphatic carbocycles. The average Bonchev–Trinajstić information content (AvgIpc) is 2.42. The fourth-order valence-corrected chi connectivity index (χ4v) is 1.95. The molecule has 2 N–H and O–H groups in total. The third-order valence-electron chi connectivity index (χ3n) is 3.01. The van der Waals surface area contributed by atoms with Crippen molar-refractivity contribution in [3.63, 3.8) is 0 Å². The van der Waals surface area contributed by atoms with E-state index in [0.29, 0.717) is 19.1 Å². The van der Waals surface area contributed by atoms with Crippen LogP contribution in [0.1, 0.15) is 26.3 Å². The normalized spacial score (nSPS) is 10.8. The molecule has 0 unspecified atom stereocenters. The van der Waals surface area contributed by atoms with Crippen molar-refractivity contribution in [3.8, 4) is 5.75 Å². The largest absolute Gasteiger partial charge is 0.494 e. The van der Waals surface area contributed by atoms with Gasteiger partial charge in [0, 0.05) is 19.6 Å². The maximum atomic E-state index is 5.94. The molecule has 0 aliphatic rings. The van der Waals surface area contributed by atoms with Crippen LogP contribution in [0.5, 0.6) is 5.75 Å². The van der Waals surface area contributed by atoms with E-state index in [4.69, 9.17) is 10.5 Å². The van der Waals surface area contributed by atoms with Crippen LogP contribution in [-0.2, 0) is 6.42 Å². The molecule has 20 heavy (non-hydrogen) atoms. The number of halogens is 1. The monoisotopic (exact) mass is 391 g/mol. The lowest BCUT2D eigenvalue weighted by Crippen LogP contribution is -2.37. The van der Waals surface area contributed by atoms with Crippen molar-refractivity contribution in [2.75, 3.05) is 26.2 Å². The Balaban J connectivity index is 0.00000361. The predicted molar refractivity (Wildman–Crippen MR) is 96.1 cm³/mol. The van der Waals surface area contributed by atoms with Crippen LogP contribution in [0.3, 0.4) is 0 Å². The van der Waals surface area contributed by atoms with E-state index in [2.05, 4.69) is 29.8 Å². The van der Waals surface area contributed by atoms with Gasteiger partial charge in [0.25, 0.3) is 0 Å². The number of hydrogen-bond donors (Lipinski definition) is 1. The lowest BCUT2D eigenvalue weighted by Gasteiger charge is -2.19. The van der Waals surface area contributed by atoms with Crippen molar-refractivity contribution in [1.29, 1.82) is 0 Å². The Morgan fingerprint density at radius 3 is 2.45 bits per heavy atom. The van der Waals surface area contributed by atoms with Gasteiger partial charge in [-0.15, -0.1) is 24.0 Å². The van der Waals surface area contributed by atoms with Gasteiger partial charge < -0.3 is 15.4 Å². The second-order valence-electron chi connectivity index (χ2n) is 4.20. The van der Waals surface area contributed by atoms with Crippen molar-refractivity contribution in [2.45, 2.75) is 27.2 Å². The van der Waals surface area contributed by atoms with Crippen LogP contribution < -0.4 is 10.5 Å². The molecular weight excluding hydrogens is 365 g/mol. The molecule has 0 saturated carbocycles. The third-order valence-corrected chi connectivity index (χ3v) is 3.01. The summed E-state index contributed by atoms with van der Waals surface area (Å²) in [5, 5.41) is 0. The molecule has 5 heteroatoms. The zero-order chi connectivity index (χ0) is 14.1. The van der Waals surface area contributed by atoms with E-state index in [1.54, 1.807) is 0 Å². The summed E-state index contributed by atoms with van der Waals surface area (Å²) < 4.78 is 5.59. The van der Waals surface area contributed by atoms with Crippen LogP contribution in [0.25, 0.3) is 0 Å². The van der Waals surface area contributed by atoms with E-state index < -0.39 is 0 Å². The van der Waals surface area contributed by atoms with Gasteiger partial charge in [-0.3, -0.25) is 4.99 Å². The quantitative estimate of drug-likeness (QED) is 0.442. The van der Waals surface area contributed by atoms with Crippen LogP contribution in [0, 0.1) is 0 Å². The molecule has 1 aromatic rings. The van der Waals surface area contributed by atoms with Crippen molar-refractivity contribution >= 4 is 29.9 Å². The van der Waals surface area contributed by atoms with E-state index in [9.17, 15) is 0 Å². The summed E-state index contributed by atoms with van der Waals surface area (Å²) >= 11 is 0. The minimum atomic E-state index is 0.